The Morgan fingerprint density at radius 1 is 1.18 bits per heavy atom. The number of aryl methyl sites for hydroxylation is 1. The molecule has 2 aromatic carbocycles. The van der Waals surface area contributed by atoms with Gasteiger partial charge in [-0.05, 0) is 62.4 Å². The zero-order chi connectivity index (χ0) is 20.1. The summed E-state index contributed by atoms with van der Waals surface area (Å²) in [5.41, 5.74) is 7.52. The zero-order valence-electron chi connectivity index (χ0n) is 15.5. The van der Waals surface area contributed by atoms with Crippen LogP contribution in [0.4, 0.5) is 5.69 Å². The van der Waals surface area contributed by atoms with Crippen molar-refractivity contribution in [2.75, 3.05) is 11.9 Å². The molecule has 0 spiro atoms. The first kappa shape index (κ1) is 20.2. The van der Waals surface area contributed by atoms with Gasteiger partial charge in [0.05, 0.1) is 12.8 Å². The molecule has 0 atom stereocenters. The second-order valence-corrected chi connectivity index (χ2v) is 7.65. The predicted octanol–water partition coefficient (Wildman–Crippen LogP) is 5.07. The van der Waals surface area contributed by atoms with E-state index in [2.05, 4.69) is 48.5 Å². The maximum Gasteiger partial charge on any atom is 0.259 e. The summed E-state index contributed by atoms with van der Waals surface area (Å²) in [6.45, 7) is 4.19. The fraction of sp³-hybridized carbons (Fsp3) is 0.143. The van der Waals surface area contributed by atoms with E-state index in [4.69, 9.17) is 11.6 Å². The fourth-order valence-electron chi connectivity index (χ4n) is 2.89. The van der Waals surface area contributed by atoms with E-state index < -0.39 is 0 Å². The third-order valence-electron chi connectivity index (χ3n) is 4.23. The van der Waals surface area contributed by atoms with E-state index in [0.717, 1.165) is 32.8 Å². The number of hydrogen-bond donors (Lipinski definition) is 2. The van der Waals surface area contributed by atoms with Crippen LogP contribution in [0.5, 0.6) is 0 Å². The van der Waals surface area contributed by atoms with Gasteiger partial charge in [-0.2, -0.15) is 5.10 Å². The molecule has 0 bridgehead atoms. The molecule has 0 saturated heterocycles. The average Bonchev–Trinajstić information content (AvgIpc) is 2.95. The Bertz CT molecular complexity index is 1010. The van der Waals surface area contributed by atoms with Gasteiger partial charge in [0.25, 0.3) is 5.91 Å². The molecule has 5 nitrogen and oxygen atoms in total. The highest BCUT2D eigenvalue weighted by Gasteiger charge is 2.09. The van der Waals surface area contributed by atoms with E-state index in [-0.39, 0.29) is 12.5 Å². The summed E-state index contributed by atoms with van der Waals surface area (Å²) in [4.78, 5) is 12.0. The van der Waals surface area contributed by atoms with Crippen LogP contribution in [0.15, 0.2) is 64.2 Å². The Morgan fingerprint density at radius 2 is 1.93 bits per heavy atom. The third kappa shape index (κ3) is 5.03. The van der Waals surface area contributed by atoms with Crippen LogP contribution in [0.25, 0.3) is 5.69 Å². The third-order valence-corrected chi connectivity index (χ3v) is 4.97. The smallest absolute Gasteiger partial charge is 0.259 e. The van der Waals surface area contributed by atoms with E-state index in [0.29, 0.717) is 5.02 Å². The Balaban J connectivity index is 1.62. The van der Waals surface area contributed by atoms with Gasteiger partial charge in [0.2, 0.25) is 0 Å². The lowest BCUT2D eigenvalue weighted by atomic mass is 10.2. The predicted molar refractivity (Wildman–Crippen MR) is 119 cm³/mol. The van der Waals surface area contributed by atoms with Gasteiger partial charge in [-0.25, -0.2) is 5.43 Å². The number of hydrazone groups is 1. The molecule has 3 aromatic rings. The topological polar surface area (TPSA) is 58.4 Å². The summed E-state index contributed by atoms with van der Waals surface area (Å²) in [6, 6.07) is 17.3. The summed E-state index contributed by atoms with van der Waals surface area (Å²) in [5.74, 6) is -0.230. The van der Waals surface area contributed by atoms with Crippen LogP contribution in [0.1, 0.15) is 17.0 Å². The molecular weight excluding hydrogens is 440 g/mol. The molecule has 0 saturated carbocycles. The number of nitrogens with zero attached hydrogens (tertiary/aromatic N) is 2. The number of nitrogens with one attached hydrogen (secondary N) is 2. The number of hydrogen-bond acceptors (Lipinski definition) is 3. The van der Waals surface area contributed by atoms with Crippen LogP contribution in [0.3, 0.4) is 0 Å². The monoisotopic (exact) mass is 458 g/mol. The lowest BCUT2D eigenvalue weighted by Crippen LogP contribution is -2.25. The molecule has 1 amide bonds. The van der Waals surface area contributed by atoms with Crippen molar-refractivity contribution in [2.24, 2.45) is 5.10 Å². The van der Waals surface area contributed by atoms with Crippen molar-refractivity contribution in [1.29, 1.82) is 0 Å². The van der Waals surface area contributed by atoms with Crippen molar-refractivity contribution in [3.05, 3.63) is 81.0 Å². The molecule has 0 aliphatic heterocycles. The Morgan fingerprint density at radius 3 is 2.64 bits per heavy atom. The quantitative estimate of drug-likeness (QED) is 0.399. The first-order chi connectivity index (χ1) is 13.4. The van der Waals surface area contributed by atoms with Gasteiger partial charge in [0.1, 0.15) is 0 Å². The van der Waals surface area contributed by atoms with Crippen LogP contribution in [0.2, 0.25) is 5.02 Å². The standard InChI is InChI=1S/C21H20BrClN4O/c1-14-10-16(15(2)27(14)20-5-3-4-17(22)11-20)12-25-26-21(28)13-24-19-8-6-18(23)7-9-19/h3-12,24H,13H2,1-2H3,(H,26,28)/b25-12-. The number of anilines is 1. The van der Waals surface area contributed by atoms with Gasteiger partial charge in [-0.3, -0.25) is 4.79 Å². The maximum absolute atomic E-state index is 12.0. The molecule has 28 heavy (non-hydrogen) atoms. The van der Waals surface area contributed by atoms with E-state index in [1.54, 1.807) is 18.3 Å². The Kier molecular flexibility index (Phi) is 6.54. The molecule has 0 aliphatic rings. The van der Waals surface area contributed by atoms with Gasteiger partial charge in [-0.1, -0.05) is 33.6 Å². The van der Waals surface area contributed by atoms with Gasteiger partial charge in [0.15, 0.2) is 0 Å². The highest BCUT2D eigenvalue weighted by molar-refractivity contribution is 9.10. The SMILES string of the molecule is Cc1cc(/C=N\NC(=O)CNc2ccc(Cl)cc2)c(C)n1-c1cccc(Br)c1. The first-order valence-electron chi connectivity index (χ1n) is 8.70. The number of halogens is 2. The van der Waals surface area contributed by atoms with E-state index >= 15 is 0 Å². The second-order valence-electron chi connectivity index (χ2n) is 6.30. The number of carbonyl (C=O) groups is 1. The number of rotatable bonds is 6. The minimum absolute atomic E-state index is 0.121. The van der Waals surface area contributed by atoms with Crippen molar-refractivity contribution < 1.29 is 4.79 Å². The summed E-state index contributed by atoms with van der Waals surface area (Å²) in [6.07, 6.45) is 1.66. The first-order valence-corrected chi connectivity index (χ1v) is 9.87. The Labute approximate surface area is 177 Å². The summed E-state index contributed by atoms with van der Waals surface area (Å²) in [5, 5.41) is 7.76. The van der Waals surface area contributed by atoms with Crippen molar-refractivity contribution in [2.45, 2.75) is 13.8 Å². The van der Waals surface area contributed by atoms with Crippen LogP contribution in [-0.2, 0) is 4.79 Å². The molecular formula is C21H20BrClN4O. The molecule has 0 unspecified atom stereocenters. The van der Waals surface area contributed by atoms with E-state index in [9.17, 15) is 4.79 Å². The van der Waals surface area contributed by atoms with Gasteiger partial charge in [0, 0.05) is 37.8 Å². The highest BCUT2D eigenvalue weighted by atomic mass is 79.9. The van der Waals surface area contributed by atoms with Crippen LogP contribution < -0.4 is 10.7 Å². The number of benzene rings is 2. The lowest BCUT2D eigenvalue weighted by Gasteiger charge is -2.09. The minimum atomic E-state index is -0.230. The van der Waals surface area contributed by atoms with Crippen molar-refractivity contribution >= 4 is 45.3 Å². The number of aromatic nitrogens is 1. The second kappa shape index (κ2) is 9.08. The van der Waals surface area contributed by atoms with E-state index in [1.165, 1.54) is 0 Å². The highest BCUT2D eigenvalue weighted by Crippen LogP contribution is 2.22. The number of amides is 1. The van der Waals surface area contributed by atoms with Crippen LogP contribution >= 0.6 is 27.5 Å². The van der Waals surface area contributed by atoms with Gasteiger partial charge >= 0.3 is 0 Å². The fourth-order valence-corrected chi connectivity index (χ4v) is 3.41. The molecule has 0 radical (unpaired) electrons. The largest absolute Gasteiger partial charge is 0.376 e. The summed E-state index contributed by atoms with van der Waals surface area (Å²) >= 11 is 9.35. The summed E-state index contributed by atoms with van der Waals surface area (Å²) < 4.78 is 3.17. The lowest BCUT2D eigenvalue weighted by molar-refractivity contribution is -0.119. The van der Waals surface area contributed by atoms with Crippen LogP contribution in [0, 0.1) is 13.8 Å². The normalized spacial score (nSPS) is 11.0. The molecule has 144 valence electrons. The minimum Gasteiger partial charge on any atom is -0.376 e. The van der Waals surface area contributed by atoms with Crippen LogP contribution in [-0.4, -0.2) is 23.2 Å². The molecule has 0 fully saturated rings. The number of carbonyl (C=O) groups excluding carboxylic acids is 1. The van der Waals surface area contributed by atoms with E-state index in [1.807, 2.05) is 44.2 Å². The van der Waals surface area contributed by atoms with Crippen molar-refractivity contribution in [3.8, 4) is 5.69 Å². The molecule has 1 heterocycles. The van der Waals surface area contributed by atoms with Crippen molar-refractivity contribution in [3.63, 3.8) is 0 Å². The zero-order valence-corrected chi connectivity index (χ0v) is 17.9. The molecule has 2 N–H and O–H groups in total. The molecule has 1 aromatic heterocycles. The molecule has 7 heteroatoms. The Hall–Kier alpha value is -2.57. The maximum atomic E-state index is 12.0. The van der Waals surface area contributed by atoms with Gasteiger partial charge in [-0.15, -0.1) is 0 Å². The average molecular weight is 460 g/mol. The molecule has 0 aliphatic carbocycles. The molecule has 3 rings (SSSR count). The van der Waals surface area contributed by atoms with Gasteiger partial charge < -0.3 is 9.88 Å². The summed E-state index contributed by atoms with van der Waals surface area (Å²) in [7, 11) is 0. The van der Waals surface area contributed by atoms with Crippen molar-refractivity contribution in [1.82, 2.24) is 9.99 Å².